The number of nitrogens with one attached hydrogen (secondary N) is 1. The van der Waals surface area contributed by atoms with Gasteiger partial charge in [-0.05, 0) is 42.4 Å². The maximum absolute atomic E-state index is 5.24. The first-order valence-electron chi connectivity index (χ1n) is 5.02. The van der Waals surface area contributed by atoms with E-state index in [9.17, 15) is 0 Å². The minimum Gasteiger partial charge on any atom is -0.497 e. The van der Waals surface area contributed by atoms with Crippen molar-refractivity contribution in [3.63, 3.8) is 0 Å². The van der Waals surface area contributed by atoms with E-state index in [0.717, 1.165) is 16.9 Å². The highest BCUT2D eigenvalue weighted by molar-refractivity contribution is 7.80. The number of hydrogen-bond donors (Lipinski definition) is 2. The molecule has 0 saturated heterocycles. The normalized spacial score (nSPS) is 11.5. The fourth-order valence-corrected chi connectivity index (χ4v) is 1.25. The van der Waals surface area contributed by atoms with E-state index in [1.54, 1.807) is 13.3 Å². The number of hydrazone groups is 1. The maximum Gasteiger partial charge on any atom is 0.184 e. The van der Waals surface area contributed by atoms with Crippen molar-refractivity contribution in [2.45, 2.75) is 6.92 Å². The van der Waals surface area contributed by atoms with Crippen molar-refractivity contribution in [1.82, 2.24) is 5.43 Å². The minimum absolute atomic E-state index is 0.151. The van der Waals surface area contributed by atoms with Crippen molar-refractivity contribution in [3.05, 3.63) is 35.4 Å². The molecule has 0 heterocycles. The third-order valence-electron chi connectivity index (χ3n) is 1.95. The molecule has 0 unspecified atom stereocenters. The van der Waals surface area contributed by atoms with Gasteiger partial charge in [-0.1, -0.05) is 18.2 Å². The van der Waals surface area contributed by atoms with Crippen LogP contribution in [-0.2, 0) is 0 Å². The SMILES string of the molecule is COc1ccc(C=C(C)C=NNC(N)=S)cc1. The van der Waals surface area contributed by atoms with Gasteiger partial charge in [-0.3, -0.25) is 5.43 Å². The zero-order chi connectivity index (χ0) is 12.7. The van der Waals surface area contributed by atoms with Gasteiger partial charge < -0.3 is 10.5 Å². The zero-order valence-corrected chi connectivity index (χ0v) is 10.6. The summed E-state index contributed by atoms with van der Waals surface area (Å²) in [6, 6.07) is 7.75. The van der Waals surface area contributed by atoms with Crippen LogP contribution >= 0.6 is 12.2 Å². The lowest BCUT2D eigenvalue weighted by molar-refractivity contribution is 0.415. The van der Waals surface area contributed by atoms with Crippen LogP contribution in [0.4, 0.5) is 0 Å². The first-order chi connectivity index (χ1) is 8.11. The van der Waals surface area contributed by atoms with E-state index in [0.29, 0.717) is 0 Å². The molecule has 0 saturated carbocycles. The van der Waals surface area contributed by atoms with Crippen LogP contribution in [0, 0.1) is 0 Å². The lowest BCUT2D eigenvalue weighted by Gasteiger charge is -2.00. The summed E-state index contributed by atoms with van der Waals surface area (Å²) >= 11 is 4.62. The Kier molecular flexibility index (Phi) is 5.16. The van der Waals surface area contributed by atoms with Crippen molar-refractivity contribution < 1.29 is 4.74 Å². The molecular formula is C12H15N3OS. The largest absolute Gasteiger partial charge is 0.497 e. The lowest BCUT2D eigenvalue weighted by atomic mass is 10.1. The van der Waals surface area contributed by atoms with Crippen LogP contribution < -0.4 is 15.9 Å². The zero-order valence-electron chi connectivity index (χ0n) is 9.81. The quantitative estimate of drug-likeness (QED) is 0.486. The van der Waals surface area contributed by atoms with Gasteiger partial charge in [0.05, 0.1) is 13.3 Å². The van der Waals surface area contributed by atoms with Gasteiger partial charge in [0, 0.05) is 0 Å². The van der Waals surface area contributed by atoms with Gasteiger partial charge in [-0.25, -0.2) is 0 Å². The lowest BCUT2D eigenvalue weighted by Crippen LogP contribution is -2.23. The first kappa shape index (κ1) is 13.2. The smallest absolute Gasteiger partial charge is 0.184 e. The second kappa shape index (κ2) is 6.65. The Labute approximate surface area is 106 Å². The van der Waals surface area contributed by atoms with E-state index in [4.69, 9.17) is 10.5 Å². The van der Waals surface area contributed by atoms with Gasteiger partial charge in [-0.2, -0.15) is 5.10 Å². The summed E-state index contributed by atoms with van der Waals surface area (Å²) in [4.78, 5) is 0. The molecule has 1 aromatic carbocycles. The average molecular weight is 249 g/mol. The second-order valence-corrected chi connectivity index (χ2v) is 3.84. The molecule has 0 fully saturated rings. The molecule has 5 heteroatoms. The van der Waals surface area contributed by atoms with E-state index in [2.05, 4.69) is 22.7 Å². The van der Waals surface area contributed by atoms with Gasteiger partial charge in [-0.15, -0.1) is 0 Å². The fraction of sp³-hybridized carbons (Fsp3) is 0.167. The highest BCUT2D eigenvalue weighted by Gasteiger charge is 1.91. The van der Waals surface area contributed by atoms with E-state index >= 15 is 0 Å². The number of thiocarbonyl (C=S) groups is 1. The van der Waals surface area contributed by atoms with Crippen molar-refractivity contribution >= 4 is 29.6 Å². The van der Waals surface area contributed by atoms with E-state index in [1.165, 1.54) is 0 Å². The number of nitrogens with zero attached hydrogens (tertiary/aromatic N) is 1. The molecule has 0 aliphatic rings. The highest BCUT2D eigenvalue weighted by atomic mass is 32.1. The Balaban J connectivity index is 2.66. The Morgan fingerprint density at radius 3 is 2.59 bits per heavy atom. The van der Waals surface area contributed by atoms with Crippen LogP contribution in [0.5, 0.6) is 5.75 Å². The third kappa shape index (κ3) is 5.12. The molecule has 0 atom stereocenters. The van der Waals surface area contributed by atoms with Gasteiger partial charge in [0.25, 0.3) is 0 Å². The number of methoxy groups -OCH3 is 1. The van der Waals surface area contributed by atoms with Crippen LogP contribution in [0.2, 0.25) is 0 Å². The first-order valence-corrected chi connectivity index (χ1v) is 5.43. The monoisotopic (exact) mass is 249 g/mol. The molecule has 0 aliphatic heterocycles. The van der Waals surface area contributed by atoms with Crippen LogP contribution in [0.15, 0.2) is 34.9 Å². The van der Waals surface area contributed by atoms with Crippen LogP contribution in [0.3, 0.4) is 0 Å². The predicted molar refractivity (Wildman–Crippen MR) is 75.1 cm³/mol. The van der Waals surface area contributed by atoms with Crippen LogP contribution in [-0.4, -0.2) is 18.4 Å². The summed E-state index contributed by atoms with van der Waals surface area (Å²) < 4.78 is 5.08. The van der Waals surface area contributed by atoms with E-state index in [-0.39, 0.29) is 5.11 Å². The van der Waals surface area contributed by atoms with Crippen LogP contribution in [0.25, 0.3) is 6.08 Å². The summed E-state index contributed by atoms with van der Waals surface area (Å²) in [6.07, 6.45) is 3.65. The summed E-state index contributed by atoms with van der Waals surface area (Å²) in [5, 5.41) is 4.02. The van der Waals surface area contributed by atoms with Gasteiger partial charge in [0.2, 0.25) is 0 Å². The molecule has 0 bridgehead atoms. The van der Waals surface area contributed by atoms with E-state index < -0.39 is 0 Å². The number of ether oxygens (including phenoxy) is 1. The molecule has 0 amide bonds. The standard InChI is InChI=1S/C12H15N3OS/c1-9(8-14-15-12(13)17)7-10-3-5-11(16-2)6-4-10/h3-8H,1-2H3,(H3,13,15,17). The average Bonchev–Trinajstić information content (AvgIpc) is 2.29. The Hall–Kier alpha value is -1.88. The molecule has 1 rings (SSSR count). The number of rotatable bonds is 4. The van der Waals surface area contributed by atoms with Gasteiger partial charge >= 0.3 is 0 Å². The maximum atomic E-state index is 5.24. The molecule has 0 aliphatic carbocycles. The second-order valence-electron chi connectivity index (χ2n) is 3.40. The Bertz CT molecular complexity index is 438. The summed E-state index contributed by atoms with van der Waals surface area (Å²) in [5.74, 6) is 0.837. The Morgan fingerprint density at radius 1 is 1.41 bits per heavy atom. The van der Waals surface area contributed by atoms with Crippen molar-refractivity contribution in [3.8, 4) is 5.75 Å². The molecule has 1 aromatic rings. The topological polar surface area (TPSA) is 59.6 Å². The minimum atomic E-state index is 0.151. The molecule has 0 radical (unpaired) electrons. The summed E-state index contributed by atoms with van der Waals surface area (Å²) in [5.41, 5.74) is 9.79. The fourth-order valence-electron chi connectivity index (χ4n) is 1.20. The number of hydrogen-bond acceptors (Lipinski definition) is 3. The third-order valence-corrected chi connectivity index (χ3v) is 2.04. The number of nitrogens with two attached hydrogens (primary N) is 1. The molecule has 90 valence electrons. The van der Waals surface area contributed by atoms with Crippen LogP contribution in [0.1, 0.15) is 12.5 Å². The van der Waals surface area contributed by atoms with Crippen molar-refractivity contribution in [2.75, 3.05) is 7.11 Å². The van der Waals surface area contributed by atoms with Gasteiger partial charge in [0.1, 0.15) is 5.75 Å². The van der Waals surface area contributed by atoms with Crippen molar-refractivity contribution in [1.29, 1.82) is 0 Å². The molecule has 17 heavy (non-hydrogen) atoms. The molecule has 0 aromatic heterocycles. The molecular weight excluding hydrogens is 234 g/mol. The molecule has 0 spiro atoms. The molecule has 4 nitrogen and oxygen atoms in total. The molecule has 3 N–H and O–H groups in total. The van der Waals surface area contributed by atoms with Crippen molar-refractivity contribution in [2.24, 2.45) is 10.8 Å². The summed E-state index contributed by atoms with van der Waals surface area (Å²) in [7, 11) is 1.64. The Morgan fingerprint density at radius 2 is 2.06 bits per heavy atom. The number of allylic oxidation sites excluding steroid dienone is 1. The highest BCUT2D eigenvalue weighted by Crippen LogP contribution is 2.13. The summed E-state index contributed by atoms with van der Waals surface area (Å²) in [6.45, 7) is 1.94. The number of benzene rings is 1. The van der Waals surface area contributed by atoms with Gasteiger partial charge in [0.15, 0.2) is 5.11 Å². The van der Waals surface area contributed by atoms with E-state index in [1.807, 2.05) is 37.3 Å². The predicted octanol–water partition coefficient (Wildman–Crippen LogP) is 1.92.